The van der Waals surface area contributed by atoms with Crippen molar-refractivity contribution in [2.75, 3.05) is 26.2 Å². The molecule has 7 heteroatoms. The topological polar surface area (TPSA) is 80.8 Å². The first-order valence-corrected chi connectivity index (χ1v) is 9.14. The van der Waals surface area contributed by atoms with Gasteiger partial charge in [-0.25, -0.2) is 4.98 Å². The van der Waals surface area contributed by atoms with Crippen LogP contribution in [0.1, 0.15) is 33.6 Å². The van der Waals surface area contributed by atoms with Gasteiger partial charge < -0.3 is 14.8 Å². The van der Waals surface area contributed by atoms with E-state index in [1.54, 1.807) is 30.5 Å². The molecule has 1 atom stereocenters. The maximum atomic E-state index is 12.3. The molecule has 1 aromatic heterocycles. The van der Waals surface area contributed by atoms with E-state index in [2.05, 4.69) is 10.3 Å². The van der Waals surface area contributed by atoms with Crippen molar-refractivity contribution in [3.63, 3.8) is 0 Å². The van der Waals surface area contributed by atoms with Gasteiger partial charge in [0.15, 0.2) is 5.75 Å². The lowest BCUT2D eigenvalue weighted by molar-refractivity contribution is 0.0651. The van der Waals surface area contributed by atoms with E-state index in [-0.39, 0.29) is 17.9 Å². The quantitative estimate of drug-likeness (QED) is 0.595. The first-order chi connectivity index (χ1) is 13.2. The second-order valence-electron chi connectivity index (χ2n) is 6.58. The van der Waals surface area contributed by atoms with Crippen molar-refractivity contribution >= 4 is 11.8 Å². The molecule has 0 saturated heterocycles. The SMILES string of the molecule is O=C1c2ccccc2C(=O)N1CCCCNCC1COc2cccnc2O1. The van der Waals surface area contributed by atoms with Gasteiger partial charge in [-0.2, -0.15) is 0 Å². The van der Waals surface area contributed by atoms with Gasteiger partial charge in [-0.3, -0.25) is 14.5 Å². The molecule has 1 unspecified atom stereocenters. The Hall–Kier alpha value is -2.93. The van der Waals surface area contributed by atoms with Gasteiger partial charge >= 0.3 is 0 Å². The summed E-state index contributed by atoms with van der Waals surface area (Å²) >= 11 is 0. The number of hydrogen-bond acceptors (Lipinski definition) is 6. The Morgan fingerprint density at radius 2 is 1.85 bits per heavy atom. The highest BCUT2D eigenvalue weighted by atomic mass is 16.6. The van der Waals surface area contributed by atoms with Crippen molar-refractivity contribution in [2.24, 2.45) is 0 Å². The van der Waals surface area contributed by atoms with Gasteiger partial charge in [0.25, 0.3) is 17.7 Å². The third-order valence-electron chi connectivity index (χ3n) is 4.67. The monoisotopic (exact) mass is 367 g/mol. The molecule has 0 fully saturated rings. The zero-order valence-corrected chi connectivity index (χ0v) is 14.9. The minimum absolute atomic E-state index is 0.0800. The fraction of sp³-hybridized carbons (Fsp3) is 0.350. The molecule has 2 aromatic rings. The molecule has 0 spiro atoms. The molecule has 1 N–H and O–H groups in total. The van der Waals surface area contributed by atoms with Gasteiger partial charge in [0, 0.05) is 19.3 Å². The molecule has 7 nitrogen and oxygen atoms in total. The van der Waals surface area contributed by atoms with Crippen molar-refractivity contribution < 1.29 is 19.1 Å². The number of ether oxygens (including phenoxy) is 2. The average molecular weight is 367 g/mol. The van der Waals surface area contributed by atoms with Crippen molar-refractivity contribution in [1.29, 1.82) is 0 Å². The summed E-state index contributed by atoms with van der Waals surface area (Å²) in [6.45, 7) is 2.36. The molecule has 2 aliphatic rings. The summed E-state index contributed by atoms with van der Waals surface area (Å²) < 4.78 is 11.4. The van der Waals surface area contributed by atoms with Gasteiger partial charge in [-0.05, 0) is 43.7 Å². The van der Waals surface area contributed by atoms with Crippen molar-refractivity contribution in [3.8, 4) is 11.6 Å². The summed E-state index contributed by atoms with van der Waals surface area (Å²) in [4.78, 5) is 30.1. The Balaban J connectivity index is 1.16. The number of aromatic nitrogens is 1. The van der Waals surface area contributed by atoms with E-state index >= 15 is 0 Å². The molecule has 0 bridgehead atoms. The fourth-order valence-corrected chi connectivity index (χ4v) is 3.27. The third kappa shape index (κ3) is 3.64. The van der Waals surface area contributed by atoms with Crippen LogP contribution in [0.3, 0.4) is 0 Å². The van der Waals surface area contributed by atoms with Crippen LogP contribution < -0.4 is 14.8 Å². The maximum absolute atomic E-state index is 12.3. The van der Waals surface area contributed by atoms with E-state index in [9.17, 15) is 9.59 Å². The van der Waals surface area contributed by atoms with Crippen LogP contribution in [0.5, 0.6) is 11.6 Å². The van der Waals surface area contributed by atoms with Crippen LogP contribution in [-0.2, 0) is 0 Å². The van der Waals surface area contributed by atoms with Gasteiger partial charge in [0.2, 0.25) is 0 Å². The highest BCUT2D eigenvalue weighted by Gasteiger charge is 2.34. The number of carbonyl (C=O) groups excluding carboxylic acids is 2. The molecule has 1 aromatic carbocycles. The van der Waals surface area contributed by atoms with Gasteiger partial charge in [0.1, 0.15) is 12.7 Å². The first kappa shape index (κ1) is 17.5. The molecule has 3 heterocycles. The minimum atomic E-state index is -0.192. The highest BCUT2D eigenvalue weighted by Crippen LogP contribution is 2.28. The van der Waals surface area contributed by atoms with Crippen LogP contribution in [-0.4, -0.2) is 54.0 Å². The van der Waals surface area contributed by atoms with Crippen molar-refractivity contribution in [1.82, 2.24) is 15.2 Å². The van der Waals surface area contributed by atoms with Crippen LogP contribution in [0.2, 0.25) is 0 Å². The molecular formula is C20H21N3O4. The van der Waals surface area contributed by atoms with Gasteiger partial charge in [0.05, 0.1) is 11.1 Å². The highest BCUT2D eigenvalue weighted by molar-refractivity contribution is 6.21. The summed E-state index contributed by atoms with van der Waals surface area (Å²) in [5.41, 5.74) is 1.01. The number of pyridine rings is 1. The van der Waals surface area contributed by atoms with E-state index in [1.807, 2.05) is 12.1 Å². The third-order valence-corrected chi connectivity index (χ3v) is 4.67. The van der Waals surface area contributed by atoms with Crippen LogP contribution in [0.25, 0.3) is 0 Å². The first-order valence-electron chi connectivity index (χ1n) is 9.14. The lowest BCUT2D eigenvalue weighted by Crippen LogP contribution is -2.39. The van der Waals surface area contributed by atoms with Crippen molar-refractivity contribution in [2.45, 2.75) is 18.9 Å². The Bertz CT molecular complexity index is 820. The minimum Gasteiger partial charge on any atom is -0.484 e. The molecule has 2 amide bonds. The number of imide groups is 1. The average Bonchev–Trinajstić information content (AvgIpc) is 2.95. The maximum Gasteiger partial charge on any atom is 0.261 e. The van der Waals surface area contributed by atoms with Gasteiger partial charge in [-0.15, -0.1) is 0 Å². The molecule has 0 saturated carbocycles. The smallest absolute Gasteiger partial charge is 0.261 e. The Labute approximate surface area is 157 Å². The summed E-state index contributed by atoms with van der Waals surface area (Å²) in [6.07, 6.45) is 3.21. The van der Waals surface area contributed by atoms with E-state index in [0.29, 0.717) is 42.5 Å². The number of benzene rings is 1. The number of carbonyl (C=O) groups is 2. The molecule has 2 aliphatic heterocycles. The number of rotatable bonds is 7. The molecule has 4 rings (SSSR count). The standard InChI is InChI=1S/C20H21N3O4/c24-19-15-6-1-2-7-16(15)20(25)23(19)11-4-3-9-21-12-14-13-26-17-8-5-10-22-18(17)27-14/h1-2,5-8,10,14,21H,3-4,9,11-13H2. The van der Waals surface area contributed by atoms with Gasteiger partial charge in [-0.1, -0.05) is 12.1 Å². The Kier molecular flexibility index (Phi) is 5.02. The van der Waals surface area contributed by atoms with Crippen LogP contribution in [0.15, 0.2) is 42.6 Å². The fourth-order valence-electron chi connectivity index (χ4n) is 3.27. The lowest BCUT2D eigenvalue weighted by atomic mass is 10.1. The van der Waals surface area contributed by atoms with E-state index in [0.717, 1.165) is 19.4 Å². The predicted molar refractivity (Wildman–Crippen MR) is 98.1 cm³/mol. The van der Waals surface area contributed by atoms with E-state index in [4.69, 9.17) is 9.47 Å². The van der Waals surface area contributed by atoms with Crippen LogP contribution in [0, 0.1) is 0 Å². The number of amides is 2. The molecule has 0 radical (unpaired) electrons. The Morgan fingerprint density at radius 1 is 1.07 bits per heavy atom. The second-order valence-corrected chi connectivity index (χ2v) is 6.58. The number of nitrogens with zero attached hydrogens (tertiary/aromatic N) is 2. The number of fused-ring (bicyclic) bond motifs is 2. The normalized spacial score (nSPS) is 17.9. The molecule has 140 valence electrons. The Morgan fingerprint density at radius 3 is 2.63 bits per heavy atom. The number of hydrogen-bond donors (Lipinski definition) is 1. The molecule has 0 aliphatic carbocycles. The summed E-state index contributed by atoms with van der Waals surface area (Å²) in [6, 6.07) is 10.6. The van der Waals surface area contributed by atoms with E-state index < -0.39 is 0 Å². The zero-order valence-electron chi connectivity index (χ0n) is 14.9. The largest absolute Gasteiger partial charge is 0.484 e. The summed E-state index contributed by atoms with van der Waals surface area (Å²) in [5.74, 6) is 0.820. The summed E-state index contributed by atoms with van der Waals surface area (Å²) in [5, 5.41) is 3.33. The number of unbranched alkanes of at least 4 members (excludes halogenated alkanes) is 1. The van der Waals surface area contributed by atoms with Crippen LogP contribution >= 0.6 is 0 Å². The van der Waals surface area contributed by atoms with Crippen molar-refractivity contribution in [3.05, 3.63) is 53.7 Å². The molecule has 27 heavy (non-hydrogen) atoms. The van der Waals surface area contributed by atoms with E-state index in [1.165, 1.54) is 4.90 Å². The van der Waals surface area contributed by atoms with Crippen LogP contribution in [0.4, 0.5) is 0 Å². The zero-order chi connectivity index (χ0) is 18.6. The number of nitrogens with one attached hydrogen (secondary N) is 1. The molecular weight excluding hydrogens is 346 g/mol. The second kappa shape index (κ2) is 7.75. The lowest BCUT2D eigenvalue weighted by Gasteiger charge is -2.25. The predicted octanol–water partition coefficient (Wildman–Crippen LogP) is 1.89. The summed E-state index contributed by atoms with van der Waals surface area (Å²) in [7, 11) is 0.